The van der Waals surface area contributed by atoms with Crippen molar-refractivity contribution >= 4 is 21.7 Å². The second kappa shape index (κ2) is 11.7. The van der Waals surface area contributed by atoms with E-state index in [9.17, 15) is 22.7 Å². The highest BCUT2D eigenvalue weighted by molar-refractivity contribution is 7.92. The van der Waals surface area contributed by atoms with Crippen LogP contribution in [0.2, 0.25) is 0 Å². The summed E-state index contributed by atoms with van der Waals surface area (Å²) >= 11 is 0. The van der Waals surface area contributed by atoms with Gasteiger partial charge in [-0.2, -0.15) is 8.42 Å². The highest BCUT2D eigenvalue weighted by Crippen LogP contribution is 2.47. The number of hydrogen-bond acceptors (Lipinski definition) is 6. The molecule has 0 bridgehead atoms. The Labute approximate surface area is 241 Å². The van der Waals surface area contributed by atoms with Crippen LogP contribution in [0.5, 0.6) is 0 Å². The Morgan fingerprint density at radius 1 is 1.17 bits per heavy atom. The zero-order valence-electron chi connectivity index (χ0n) is 24.1. The second-order valence-corrected chi connectivity index (χ2v) is 13.5. The van der Waals surface area contributed by atoms with Gasteiger partial charge in [0.05, 0.1) is 11.9 Å². The van der Waals surface area contributed by atoms with E-state index < -0.39 is 32.9 Å². The SMILES string of the molecule is CCC[C@]1(CCc2ccc(F)cc2)CC(O)=C([C@H](c2cccc(NS(=O)(=O)c3cn(C)cn3)c2)C(C)(C)C)C(=O)O1. The quantitative estimate of drug-likeness (QED) is 0.267. The molecule has 0 fully saturated rings. The minimum Gasteiger partial charge on any atom is -0.512 e. The number of benzene rings is 2. The Morgan fingerprint density at radius 3 is 2.46 bits per heavy atom. The average Bonchev–Trinajstić information content (AvgIpc) is 3.33. The van der Waals surface area contributed by atoms with Crippen molar-refractivity contribution in [2.24, 2.45) is 12.5 Å². The molecular weight excluding hydrogens is 545 g/mol. The third-order valence-corrected chi connectivity index (χ3v) is 8.67. The molecule has 1 aromatic heterocycles. The number of aromatic nitrogens is 2. The van der Waals surface area contributed by atoms with E-state index in [4.69, 9.17) is 4.74 Å². The first-order valence-corrected chi connectivity index (χ1v) is 15.2. The number of nitrogens with one attached hydrogen (secondary N) is 1. The zero-order chi connectivity index (χ0) is 30.0. The number of carbonyl (C=O) groups is 1. The molecule has 4 rings (SSSR count). The summed E-state index contributed by atoms with van der Waals surface area (Å²) < 4.78 is 49.4. The molecule has 8 nitrogen and oxygen atoms in total. The summed E-state index contributed by atoms with van der Waals surface area (Å²) in [5, 5.41) is 11.3. The van der Waals surface area contributed by atoms with Gasteiger partial charge in [0.1, 0.15) is 17.2 Å². The molecule has 2 atom stereocenters. The third kappa shape index (κ3) is 6.98. The number of rotatable bonds is 10. The van der Waals surface area contributed by atoms with Gasteiger partial charge < -0.3 is 14.4 Å². The second-order valence-electron chi connectivity index (χ2n) is 11.9. The number of cyclic esters (lactones) is 1. The molecular formula is C31H38FN3O5S. The molecule has 3 aromatic rings. The first-order valence-electron chi connectivity index (χ1n) is 13.7. The van der Waals surface area contributed by atoms with Crippen molar-refractivity contribution in [1.29, 1.82) is 0 Å². The van der Waals surface area contributed by atoms with Crippen LogP contribution >= 0.6 is 0 Å². The van der Waals surface area contributed by atoms with E-state index in [0.29, 0.717) is 30.5 Å². The lowest BCUT2D eigenvalue weighted by Crippen LogP contribution is -2.43. The van der Waals surface area contributed by atoms with E-state index in [1.807, 2.05) is 33.8 Å². The number of halogens is 1. The maximum atomic E-state index is 13.7. The summed E-state index contributed by atoms with van der Waals surface area (Å²) in [4.78, 5) is 17.6. The van der Waals surface area contributed by atoms with Crippen LogP contribution in [0.15, 0.2) is 77.4 Å². The van der Waals surface area contributed by atoms with Gasteiger partial charge >= 0.3 is 5.97 Å². The van der Waals surface area contributed by atoms with Crippen LogP contribution in [0.3, 0.4) is 0 Å². The number of nitrogens with zero attached hydrogens (tertiary/aromatic N) is 2. The number of esters is 1. The van der Waals surface area contributed by atoms with Gasteiger partial charge in [-0.15, -0.1) is 0 Å². The van der Waals surface area contributed by atoms with Gasteiger partial charge in [-0.3, -0.25) is 4.72 Å². The van der Waals surface area contributed by atoms with Crippen LogP contribution in [-0.4, -0.2) is 34.6 Å². The Morgan fingerprint density at radius 2 is 1.88 bits per heavy atom. The van der Waals surface area contributed by atoms with Crippen molar-refractivity contribution < 1.29 is 27.4 Å². The highest BCUT2D eigenvalue weighted by Gasteiger charge is 2.46. The van der Waals surface area contributed by atoms with Crippen molar-refractivity contribution in [3.63, 3.8) is 0 Å². The fourth-order valence-corrected chi connectivity index (χ4v) is 6.62. The number of carbonyl (C=O) groups excluding carboxylic acids is 1. The van der Waals surface area contributed by atoms with Crippen molar-refractivity contribution in [2.75, 3.05) is 4.72 Å². The number of anilines is 1. The number of ether oxygens (including phenoxy) is 1. The summed E-state index contributed by atoms with van der Waals surface area (Å²) in [5.74, 6) is -1.49. The van der Waals surface area contributed by atoms with Crippen LogP contribution in [0.4, 0.5) is 10.1 Å². The Hall–Kier alpha value is -3.66. The molecule has 0 saturated carbocycles. The van der Waals surface area contributed by atoms with Crippen LogP contribution in [0, 0.1) is 11.2 Å². The molecule has 220 valence electrons. The summed E-state index contributed by atoms with van der Waals surface area (Å²) in [6.45, 7) is 7.87. The largest absolute Gasteiger partial charge is 0.512 e. The Bertz CT molecular complexity index is 1540. The van der Waals surface area contributed by atoms with Crippen LogP contribution in [0.1, 0.15) is 70.4 Å². The lowest BCUT2D eigenvalue weighted by Gasteiger charge is -2.41. The molecule has 0 radical (unpaired) electrons. The van der Waals surface area contributed by atoms with E-state index in [1.165, 1.54) is 24.7 Å². The summed E-state index contributed by atoms with van der Waals surface area (Å²) in [6.07, 6.45) is 5.36. The van der Waals surface area contributed by atoms with Crippen LogP contribution in [-0.2, 0) is 33.0 Å². The number of aliphatic hydroxyl groups excluding tert-OH is 1. The maximum absolute atomic E-state index is 13.7. The number of imidazole rings is 1. The number of aryl methyl sites for hydroxylation is 2. The molecule has 2 N–H and O–H groups in total. The van der Waals surface area contributed by atoms with Crippen molar-refractivity contribution in [2.45, 2.75) is 76.3 Å². The van der Waals surface area contributed by atoms with Gasteiger partial charge in [0, 0.05) is 31.3 Å². The number of aliphatic hydroxyl groups is 1. The van der Waals surface area contributed by atoms with Gasteiger partial charge in [-0.05, 0) is 60.1 Å². The molecule has 41 heavy (non-hydrogen) atoms. The van der Waals surface area contributed by atoms with Crippen molar-refractivity contribution in [3.8, 4) is 0 Å². The summed E-state index contributed by atoms with van der Waals surface area (Å²) in [5.41, 5.74) is 0.661. The van der Waals surface area contributed by atoms with Gasteiger partial charge in [0.15, 0.2) is 5.03 Å². The Kier molecular flexibility index (Phi) is 8.63. The third-order valence-electron chi connectivity index (χ3n) is 7.40. The highest BCUT2D eigenvalue weighted by atomic mass is 32.2. The molecule has 0 saturated heterocycles. The normalized spacial score (nSPS) is 18.7. The standard InChI is InChI=1S/C31H38FN3O5S/c1-6-15-31(16-14-21-10-12-23(32)13-11-21)18-25(36)27(29(37)40-31)28(30(2,3)4)22-8-7-9-24(17-22)34-41(38,39)26-19-35(5)20-33-26/h7-13,17,19-20,28,34,36H,6,14-16,18H2,1-5H3/t28-,31-/m0/s1. The van der Waals surface area contributed by atoms with Crippen LogP contribution in [0.25, 0.3) is 0 Å². The molecule has 0 spiro atoms. The van der Waals surface area contributed by atoms with Gasteiger partial charge in [-0.1, -0.05) is 58.4 Å². The lowest BCUT2D eigenvalue weighted by atomic mass is 9.70. The van der Waals surface area contributed by atoms with Crippen LogP contribution < -0.4 is 4.72 Å². The molecule has 1 aliphatic heterocycles. The molecule has 0 amide bonds. The van der Waals surface area contributed by atoms with Gasteiger partial charge in [0.2, 0.25) is 0 Å². The van der Waals surface area contributed by atoms with Crippen molar-refractivity contribution in [3.05, 3.63) is 89.3 Å². The molecule has 10 heteroatoms. The summed E-state index contributed by atoms with van der Waals surface area (Å²) in [7, 11) is -2.24. The first kappa shape index (κ1) is 30.3. The van der Waals surface area contributed by atoms with E-state index >= 15 is 0 Å². The predicted molar refractivity (Wildman–Crippen MR) is 155 cm³/mol. The monoisotopic (exact) mass is 583 g/mol. The zero-order valence-corrected chi connectivity index (χ0v) is 25.0. The smallest absolute Gasteiger partial charge is 0.338 e. The Balaban J connectivity index is 1.65. The average molecular weight is 584 g/mol. The van der Waals surface area contributed by atoms with E-state index in [-0.39, 0.29) is 28.6 Å². The lowest BCUT2D eigenvalue weighted by molar-refractivity contribution is -0.161. The topological polar surface area (TPSA) is 111 Å². The molecule has 2 aromatic carbocycles. The summed E-state index contributed by atoms with van der Waals surface area (Å²) in [6, 6.07) is 13.1. The molecule has 0 unspecified atom stereocenters. The fraction of sp³-hybridized carbons (Fsp3) is 0.419. The van der Waals surface area contributed by atoms with Gasteiger partial charge in [0.25, 0.3) is 10.0 Å². The number of sulfonamides is 1. The minimum atomic E-state index is -3.93. The molecule has 1 aliphatic rings. The minimum absolute atomic E-state index is 0.0202. The van der Waals surface area contributed by atoms with E-state index in [1.54, 1.807) is 41.9 Å². The predicted octanol–water partition coefficient (Wildman–Crippen LogP) is 6.42. The van der Waals surface area contributed by atoms with Crippen molar-refractivity contribution in [1.82, 2.24) is 9.55 Å². The van der Waals surface area contributed by atoms with E-state index in [2.05, 4.69) is 9.71 Å². The van der Waals surface area contributed by atoms with Gasteiger partial charge in [-0.25, -0.2) is 14.2 Å². The van der Waals surface area contributed by atoms with E-state index in [0.717, 1.165) is 12.0 Å². The maximum Gasteiger partial charge on any atom is 0.338 e. The number of hydrogen-bond donors (Lipinski definition) is 2. The molecule has 2 heterocycles. The molecule has 0 aliphatic carbocycles. The first-order chi connectivity index (χ1) is 19.2. The fourth-order valence-electron chi connectivity index (χ4n) is 5.59.